The number of hydrogen-bond donors (Lipinski definition) is 9. The Morgan fingerprint density at radius 2 is 1.13 bits per heavy atom. The van der Waals surface area contributed by atoms with E-state index in [1.807, 2.05) is 30.3 Å². The number of benzene rings is 2. The summed E-state index contributed by atoms with van der Waals surface area (Å²) in [7, 11) is 0. The fourth-order valence-corrected chi connectivity index (χ4v) is 5.09. The second-order valence-corrected chi connectivity index (χ2v) is 10.8. The van der Waals surface area contributed by atoms with Crippen LogP contribution in [0.25, 0.3) is 21.8 Å². The standard InChI is InChI=1S/C31H34N6O9/c32-20(13-27(40)41)28(42)35-23(9-10-26(38)39)29(43)36-24(11-16-14-33-21-7-3-1-5-18(16)21)30(44)37-25(31(45)46)12-17-15-34-22-8-4-2-6-19(17)22/h1-8,14-15,20,23-25,33-34H,9-13,32H2,(H,35,42)(H,36,43)(H,37,44)(H,38,39)(H,40,41)(H,45,46). The highest BCUT2D eigenvalue weighted by molar-refractivity contribution is 5.96. The number of carbonyl (C=O) groups excluding carboxylic acids is 3. The smallest absolute Gasteiger partial charge is 0.326 e. The van der Waals surface area contributed by atoms with Crippen LogP contribution >= 0.6 is 0 Å². The Morgan fingerprint density at radius 1 is 0.652 bits per heavy atom. The molecule has 10 N–H and O–H groups in total. The Labute approximate surface area is 261 Å². The topological polar surface area (TPSA) is 257 Å². The first-order valence-corrected chi connectivity index (χ1v) is 14.4. The number of fused-ring (bicyclic) bond motifs is 2. The third-order valence-electron chi connectivity index (χ3n) is 7.46. The zero-order valence-corrected chi connectivity index (χ0v) is 24.5. The average Bonchev–Trinajstić information content (AvgIpc) is 3.61. The van der Waals surface area contributed by atoms with Crippen molar-refractivity contribution in [2.24, 2.45) is 5.73 Å². The number of para-hydroxylation sites is 2. The van der Waals surface area contributed by atoms with Crippen molar-refractivity contribution in [2.75, 3.05) is 0 Å². The maximum Gasteiger partial charge on any atom is 0.326 e. The number of aliphatic carboxylic acids is 3. The zero-order chi connectivity index (χ0) is 33.4. The maximum absolute atomic E-state index is 13.7. The molecule has 0 aliphatic heterocycles. The number of amides is 3. The van der Waals surface area contributed by atoms with Crippen molar-refractivity contribution >= 4 is 57.4 Å². The van der Waals surface area contributed by atoms with Crippen LogP contribution in [0.5, 0.6) is 0 Å². The number of rotatable bonds is 16. The van der Waals surface area contributed by atoms with Crippen LogP contribution in [0.4, 0.5) is 0 Å². The van der Waals surface area contributed by atoms with Crippen molar-refractivity contribution in [3.05, 3.63) is 72.1 Å². The Morgan fingerprint density at radius 3 is 1.65 bits per heavy atom. The van der Waals surface area contributed by atoms with E-state index in [0.29, 0.717) is 11.1 Å². The van der Waals surface area contributed by atoms with Gasteiger partial charge < -0.3 is 47.0 Å². The summed E-state index contributed by atoms with van der Waals surface area (Å²) < 4.78 is 0. The number of nitrogens with one attached hydrogen (secondary N) is 5. The molecule has 0 spiro atoms. The lowest BCUT2D eigenvalue weighted by molar-refractivity contribution is -0.142. The largest absolute Gasteiger partial charge is 0.481 e. The highest BCUT2D eigenvalue weighted by atomic mass is 16.4. The number of carboxylic acids is 3. The van der Waals surface area contributed by atoms with Gasteiger partial charge in [0.05, 0.1) is 12.5 Å². The molecule has 4 unspecified atom stereocenters. The van der Waals surface area contributed by atoms with Gasteiger partial charge in [-0.15, -0.1) is 0 Å². The molecule has 0 saturated heterocycles. The van der Waals surface area contributed by atoms with Crippen molar-refractivity contribution in [1.82, 2.24) is 25.9 Å². The van der Waals surface area contributed by atoms with E-state index in [1.54, 1.807) is 30.6 Å². The predicted molar refractivity (Wildman–Crippen MR) is 165 cm³/mol. The van der Waals surface area contributed by atoms with Crippen molar-refractivity contribution in [1.29, 1.82) is 0 Å². The Bertz CT molecular complexity index is 1760. The Hall–Kier alpha value is -5.70. The highest BCUT2D eigenvalue weighted by Crippen LogP contribution is 2.21. The molecule has 0 radical (unpaired) electrons. The molecular formula is C31H34N6O9. The van der Waals surface area contributed by atoms with Crippen molar-refractivity contribution < 1.29 is 44.1 Å². The van der Waals surface area contributed by atoms with E-state index in [1.165, 1.54) is 0 Å². The van der Waals surface area contributed by atoms with Gasteiger partial charge in [-0.1, -0.05) is 36.4 Å². The second-order valence-electron chi connectivity index (χ2n) is 10.8. The normalized spacial score (nSPS) is 13.8. The van der Waals surface area contributed by atoms with Gasteiger partial charge in [0, 0.05) is 53.5 Å². The van der Waals surface area contributed by atoms with Crippen LogP contribution in [0.2, 0.25) is 0 Å². The van der Waals surface area contributed by atoms with Gasteiger partial charge in [-0.2, -0.15) is 0 Å². The number of H-pyrrole nitrogens is 2. The number of hydrogen-bond acceptors (Lipinski definition) is 7. The molecule has 2 heterocycles. The zero-order valence-electron chi connectivity index (χ0n) is 24.5. The van der Waals surface area contributed by atoms with E-state index >= 15 is 0 Å². The van der Waals surface area contributed by atoms with Gasteiger partial charge in [0.25, 0.3) is 0 Å². The first kappa shape index (κ1) is 33.2. The maximum atomic E-state index is 13.7. The third-order valence-corrected chi connectivity index (χ3v) is 7.46. The minimum absolute atomic E-state index is 0.0718. The van der Waals surface area contributed by atoms with Crippen LogP contribution in [0.3, 0.4) is 0 Å². The monoisotopic (exact) mass is 634 g/mol. The lowest BCUT2D eigenvalue weighted by Gasteiger charge is -2.25. The number of carboxylic acid groups (broad SMARTS) is 3. The average molecular weight is 635 g/mol. The van der Waals surface area contributed by atoms with Crippen LogP contribution in [0.15, 0.2) is 60.9 Å². The molecule has 4 rings (SSSR count). The third kappa shape index (κ3) is 8.47. The molecule has 0 aliphatic rings. The van der Waals surface area contributed by atoms with Crippen LogP contribution in [0.1, 0.15) is 30.4 Å². The summed E-state index contributed by atoms with van der Waals surface area (Å²) in [6.07, 6.45) is 1.45. The van der Waals surface area contributed by atoms with Gasteiger partial charge in [0.15, 0.2) is 0 Å². The summed E-state index contributed by atoms with van der Waals surface area (Å²) in [5, 5.41) is 37.0. The van der Waals surface area contributed by atoms with E-state index in [2.05, 4.69) is 25.9 Å². The van der Waals surface area contributed by atoms with E-state index in [4.69, 9.17) is 10.8 Å². The second kappa shape index (κ2) is 14.9. The minimum atomic E-state index is -1.52. The summed E-state index contributed by atoms with van der Waals surface area (Å²) in [5.41, 5.74) is 8.43. The van der Waals surface area contributed by atoms with Gasteiger partial charge in [0.1, 0.15) is 18.1 Å². The van der Waals surface area contributed by atoms with E-state index in [0.717, 1.165) is 21.8 Å². The van der Waals surface area contributed by atoms with Gasteiger partial charge in [-0.25, -0.2) is 4.79 Å². The summed E-state index contributed by atoms with van der Waals surface area (Å²) in [5.74, 6) is -6.72. The Balaban J connectivity index is 1.59. The first-order chi connectivity index (χ1) is 21.9. The lowest BCUT2D eigenvalue weighted by Crippen LogP contribution is -2.58. The molecule has 3 amide bonds. The molecule has 0 saturated carbocycles. The van der Waals surface area contributed by atoms with Crippen LogP contribution in [-0.2, 0) is 41.6 Å². The minimum Gasteiger partial charge on any atom is -0.481 e. The molecule has 2 aromatic heterocycles. The molecule has 0 bridgehead atoms. The Kier molecular flexibility index (Phi) is 10.7. The number of aromatic amines is 2. The first-order valence-electron chi connectivity index (χ1n) is 14.4. The molecule has 242 valence electrons. The summed E-state index contributed by atoms with van der Waals surface area (Å²) >= 11 is 0. The van der Waals surface area contributed by atoms with Gasteiger partial charge in [-0.05, 0) is 29.7 Å². The summed E-state index contributed by atoms with van der Waals surface area (Å²) in [6.45, 7) is 0. The molecule has 15 nitrogen and oxygen atoms in total. The molecular weight excluding hydrogens is 600 g/mol. The quantitative estimate of drug-likeness (QED) is 0.0831. The molecule has 2 aromatic carbocycles. The molecule has 46 heavy (non-hydrogen) atoms. The molecule has 0 fully saturated rings. The summed E-state index contributed by atoms with van der Waals surface area (Å²) in [4.78, 5) is 80.5. The lowest BCUT2D eigenvalue weighted by atomic mass is 10.0. The van der Waals surface area contributed by atoms with Crippen molar-refractivity contribution in [2.45, 2.75) is 56.3 Å². The number of carbonyl (C=O) groups is 6. The SMILES string of the molecule is NC(CC(=O)O)C(=O)NC(CCC(=O)O)C(=O)NC(Cc1c[nH]c2ccccc12)C(=O)NC(Cc1c[nH]c2ccccc12)C(=O)O. The fraction of sp³-hybridized carbons (Fsp3) is 0.290. The van der Waals surface area contributed by atoms with Crippen LogP contribution in [-0.4, -0.2) is 85.1 Å². The summed E-state index contributed by atoms with van der Waals surface area (Å²) in [6, 6.07) is 8.70. The van der Waals surface area contributed by atoms with Gasteiger partial charge in [-0.3, -0.25) is 24.0 Å². The molecule has 4 aromatic rings. The molecule has 15 heteroatoms. The van der Waals surface area contributed by atoms with Gasteiger partial charge in [0.2, 0.25) is 17.7 Å². The number of nitrogens with two attached hydrogens (primary N) is 1. The van der Waals surface area contributed by atoms with E-state index in [-0.39, 0.29) is 12.8 Å². The highest BCUT2D eigenvalue weighted by Gasteiger charge is 2.32. The van der Waals surface area contributed by atoms with Crippen molar-refractivity contribution in [3.8, 4) is 0 Å². The van der Waals surface area contributed by atoms with Crippen LogP contribution in [0, 0.1) is 0 Å². The fourth-order valence-electron chi connectivity index (χ4n) is 5.09. The van der Waals surface area contributed by atoms with Crippen molar-refractivity contribution in [3.63, 3.8) is 0 Å². The van der Waals surface area contributed by atoms with Crippen LogP contribution < -0.4 is 21.7 Å². The molecule has 0 aliphatic carbocycles. The number of aromatic nitrogens is 2. The van der Waals surface area contributed by atoms with Gasteiger partial charge >= 0.3 is 17.9 Å². The predicted octanol–water partition coefficient (Wildman–Crippen LogP) is 0.640. The molecule has 4 atom stereocenters. The van der Waals surface area contributed by atoms with E-state index < -0.39 is 79.1 Å². The van der Waals surface area contributed by atoms with E-state index in [9.17, 15) is 39.0 Å².